The fourth-order valence-corrected chi connectivity index (χ4v) is 4.35. The predicted octanol–water partition coefficient (Wildman–Crippen LogP) is 5.90. The number of ether oxygens (including phenoxy) is 1. The molecule has 2 heterocycles. The normalized spacial score (nSPS) is 16.0. The van der Waals surface area contributed by atoms with Crippen molar-refractivity contribution in [3.63, 3.8) is 0 Å². The van der Waals surface area contributed by atoms with E-state index >= 15 is 0 Å². The molecular formula is C28H27N3O2. The van der Waals surface area contributed by atoms with Crippen molar-refractivity contribution >= 4 is 5.91 Å². The summed E-state index contributed by atoms with van der Waals surface area (Å²) >= 11 is 0. The molecule has 0 saturated carbocycles. The molecule has 4 aromatic rings. The monoisotopic (exact) mass is 437 g/mol. The van der Waals surface area contributed by atoms with Crippen LogP contribution in [0.3, 0.4) is 0 Å². The molecule has 2 atom stereocenters. The molecular weight excluding hydrogens is 410 g/mol. The molecule has 5 heteroatoms. The Balaban J connectivity index is 1.23. The summed E-state index contributed by atoms with van der Waals surface area (Å²) in [5.74, 6) is 2.89. The van der Waals surface area contributed by atoms with E-state index in [1.54, 1.807) is 0 Å². The minimum Gasteiger partial charge on any atom is -0.457 e. The van der Waals surface area contributed by atoms with Gasteiger partial charge in [0, 0.05) is 25.1 Å². The Labute approximate surface area is 194 Å². The largest absolute Gasteiger partial charge is 0.457 e. The van der Waals surface area contributed by atoms with Gasteiger partial charge in [-0.05, 0) is 48.7 Å². The first-order valence-electron chi connectivity index (χ1n) is 11.4. The number of aryl methyl sites for hydroxylation is 1. The zero-order valence-electron chi connectivity index (χ0n) is 18.6. The third-order valence-electron chi connectivity index (χ3n) is 6.20. The molecule has 0 aliphatic carbocycles. The van der Waals surface area contributed by atoms with Crippen molar-refractivity contribution in [3.8, 4) is 11.5 Å². The van der Waals surface area contributed by atoms with Crippen LogP contribution in [0, 0.1) is 0 Å². The average molecular weight is 438 g/mol. The van der Waals surface area contributed by atoms with E-state index in [0.29, 0.717) is 11.6 Å². The summed E-state index contributed by atoms with van der Waals surface area (Å²) in [7, 11) is 0. The van der Waals surface area contributed by atoms with E-state index in [2.05, 4.69) is 27.0 Å². The third-order valence-corrected chi connectivity index (χ3v) is 6.20. The molecule has 0 saturated heterocycles. The summed E-state index contributed by atoms with van der Waals surface area (Å²) in [6.07, 6.45) is 3.76. The van der Waals surface area contributed by atoms with Crippen LogP contribution in [0.25, 0.3) is 0 Å². The van der Waals surface area contributed by atoms with E-state index in [4.69, 9.17) is 4.74 Å². The number of para-hydroxylation sites is 1. The number of carbonyl (C=O) groups is 1. The second-order valence-corrected chi connectivity index (χ2v) is 8.52. The molecule has 1 aliphatic rings. The van der Waals surface area contributed by atoms with Gasteiger partial charge in [0.05, 0.1) is 6.04 Å². The first-order chi connectivity index (χ1) is 16.2. The number of imidazole rings is 1. The molecule has 1 aliphatic heterocycles. The number of benzene rings is 3. The first-order valence-corrected chi connectivity index (χ1v) is 11.4. The quantitative estimate of drug-likeness (QED) is 0.409. The lowest BCUT2D eigenvalue weighted by Crippen LogP contribution is -2.26. The van der Waals surface area contributed by atoms with E-state index in [-0.39, 0.29) is 11.9 Å². The maximum atomic E-state index is 12.8. The van der Waals surface area contributed by atoms with Gasteiger partial charge < -0.3 is 14.6 Å². The average Bonchev–Trinajstić information content (AvgIpc) is 3.29. The van der Waals surface area contributed by atoms with Gasteiger partial charge in [0.2, 0.25) is 0 Å². The van der Waals surface area contributed by atoms with E-state index < -0.39 is 0 Å². The summed E-state index contributed by atoms with van der Waals surface area (Å²) in [6, 6.07) is 28.0. The topological polar surface area (TPSA) is 56.2 Å². The van der Waals surface area contributed by atoms with Gasteiger partial charge in [0.25, 0.3) is 5.91 Å². The molecule has 5 nitrogen and oxygen atoms in total. The maximum absolute atomic E-state index is 12.8. The minimum atomic E-state index is -0.132. The summed E-state index contributed by atoms with van der Waals surface area (Å²) in [6.45, 7) is 2.81. The van der Waals surface area contributed by atoms with Crippen molar-refractivity contribution < 1.29 is 9.53 Å². The maximum Gasteiger partial charge on any atom is 0.271 e. The Hall–Kier alpha value is -3.86. The van der Waals surface area contributed by atoms with Crippen LogP contribution in [0.15, 0.2) is 91.1 Å². The number of rotatable bonds is 6. The van der Waals surface area contributed by atoms with Crippen LogP contribution < -0.4 is 10.1 Å². The van der Waals surface area contributed by atoms with Crippen molar-refractivity contribution in [1.29, 1.82) is 0 Å². The van der Waals surface area contributed by atoms with E-state index in [1.165, 1.54) is 5.56 Å². The Morgan fingerprint density at radius 2 is 1.64 bits per heavy atom. The van der Waals surface area contributed by atoms with Crippen molar-refractivity contribution in [3.05, 3.63) is 114 Å². The second kappa shape index (κ2) is 9.33. The Morgan fingerprint density at radius 3 is 2.36 bits per heavy atom. The third kappa shape index (κ3) is 4.82. The number of hydrogen-bond donors (Lipinski definition) is 1. The SMILES string of the molecule is CC(NC(=O)c1cn2c(n1)CCC(c1ccc(Oc3ccccc3)cc1)C2)c1ccccc1. The highest BCUT2D eigenvalue weighted by molar-refractivity contribution is 5.92. The van der Waals surface area contributed by atoms with E-state index in [9.17, 15) is 4.79 Å². The highest BCUT2D eigenvalue weighted by Crippen LogP contribution is 2.31. The second-order valence-electron chi connectivity index (χ2n) is 8.52. The number of carbonyl (C=O) groups excluding carboxylic acids is 1. The van der Waals surface area contributed by atoms with Crippen LogP contribution in [-0.2, 0) is 13.0 Å². The Bertz CT molecular complexity index is 1220. The molecule has 2 unspecified atom stereocenters. The van der Waals surface area contributed by atoms with Crippen LogP contribution in [0.2, 0.25) is 0 Å². The van der Waals surface area contributed by atoms with Crippen molar-refractivity contribution in [1.82, 2.24) is 14.9 Å². The van der Waals surface area contributed by atoms with Crippen LogP contribution in [0.1, 0.15) is 52.7 Å². The number of amides is 1. The van der Waals surface area contributed by atoms with Gasteiger partial charge in [-0.15, -0.1) is 0 Å². The molecule has 1 N–H and O–H groups in total. The lowest BCUT2D eigenvalue weighted by atomic mass is 9.91. The lowest BCUT2D eigenvalue weighted by molar-refractivity contribution is 0.0935. The molecule has 5 rings (SSSR count). The van der Waals surface area contributed by atoms with Crippen LogP contribution in [0.4, 0.5) is 0 Å². The van der Waals surface area contributed by atoms with Gasteiger partial charge in [-0.2, -0.15) is 0 Å². The van der Waals surface area contributed by atoms with Crippen molar-refractivity contribution in [2.75, 3.05) is 0 Å². The van der Waals surface area contributed by atoms with E-state index in [0.717, 1.165) is 42.3 Å². The Kier molecular flexibility index (Phi) is 5.94. The number of aromatic nitrogens is 2. The molecule has 3 aromatic carbocycles. The highest BCUT2D eigenvalue weighted by Gasteiger charge is 2.24. The fraction of sp³-hybridized carbons (Fsp3) is 0.214. The molecule has 0 spiro atoms. The van der Waals surface area contributed by atoms with Gasteiger partial charge >= 0.3 is 0 Å². The van der Waals surface area contributed by atoms with E-state index in [1.807, 2.05) is 85.9 Å². The molecule has 1 amide bonds. The molecule has 0 radical (unpaired) electrons. The number of fused-ring (bicyclic) bond motifs is 1. The van der Waals surface area contributed by atoms with Crippen LogP contribution in [0.5, 0.6) is 11.5 Å². The van der Waals surface area contributed by atoms with Crippen molar-refractivity contribution in [2.24, 2.45) is 0 Å². The predicted molar refractivity (Wildman–Crippen MR) is 129 cm³/mol. The minimum absolute atomic E-state index is 0.0678. The zero-order valence-corrected chi connectivity index (χ0v) is 18.6. The zero-order chi connectivity index (χ0) is 22.6. The van der Waals surface area contributed by atoms with Gasteiger partial charge in [0.1, 0.15) is 23.0 Å². The molecule has 166 valence electrons. The van der Waals surface area contributed by atoms with Gasteiger partial charge in [-0.1, -0.05) is 60.7 Å². The molecule has 33 heavy (non-hydrogen) atoms. The standard InChI is InChI=1S/C28H27N3O2/c1-20(21-8-4-2-5-9-21)29-28(32)26-19-31-18-23(14-17-27(31)30-26)22-12-15-25(16-13-22)33-24-10-6-3-7-11-24/h2-13,15-16,19-20,23H,14,17-18H2,1H3,(H,29,32). The van der Waals surface area contributed by atoms with Crippen molar-refractivity contribution in [2.45, 2.75) is 38.3 Å². The van der Waals surface area contributed by atoms with Gasteiger partial charge in [-0.3, -0.25) is 4.79 Å². The number of nitrogens with one attached hydrogen (secondary N) is 1. The van der Waals surface area contributed by atoms with Crippen LogP contribution in [-0.4, -0.2) is 15.5 Å². The molecule has 1 aromatic heterocycles. The highest BCUT2D eigenvalue weighted by atomic mass is 16.5. The fourth-order valence-electron chi connectivity index (χ4n) is 4.35. The van der Waals surface area contributed by atoms with Crippen LogP contribution >= 0.6 is 0 Å². The molecule has 0 bridgehead atoms. The Morgan fingerprint density at radius 1 is 0.970 bits per heavy atom. The van der Waals surface area contributed by atoms with Gasteiger partial charge in [-0.25, -0.2) is 4.98 Å². The lowest BCUT2D eigenvalue weighted by Gasteiger charge is -2.24. The first kappa shape index (κ1) is 21.0. The summed E-state index contributed by atoms with van der Waals surface area (Å²) < 4.78 is 8.04. The van der Waals surface area contributed by atoms with Gasteiger partial charge in [0.15, 0.2) is 0 Å². The number of hydrogen-bond acceptors (Lipinski definition) is 3. The summed E-state index contributed by atoms with van der Waals surface area (Å²) in [5, 5.41) is 3.06. The smallest absolute Gasteiger partial charge is 0.271 e. The summed E-state index contributed by atoms with van der Waals surface area (Å²) in [5.41, 5.74) is 2.84. The molecule has 0 fully saturated rings. The number of nitrogens with zero attached hydrogens (tertiary/aromatic N) is 2. The summed E-state index contributed by atoms with van der Waals surface area (Å²) in [4.78, 5) is 17.4.